The first-order valence-corrected chi connectivity index (χ1v) is 10.2. The van der Waals surface area contributed by atoms with E-state index in [4.69, 9.17) is 16.3 Å². The average Bonchev–Trinajstić information content (AvgIpc) is 3.07. The molecule has 0 radical (unpaired) electrons. The van der Waals surface area contributed by atoms with E-state index in [1.54, 1.807) is 24.3 Å². The zero-order chi connectivity index (χ0) is 21.9. The topological polar surface area (TPSA) is 51.2 Å². The highest BCUT2D eigenvalue weighted by Gasteiger charge is 2.33. The number of carbonyl (C=O) groups is 1. The Morgan fingerprint density at radius 1 is 1.23 bits per heavy atom. The van der Waals surface area contributed by atoms with Crippen LogP contribution in [0.1, 0.15) is 40.2 Å². The standard InChI is InChI=1S/C21H18ClF3N2O2S/c1-12(2)29-18-6-4-3-5-16(18)19(28)27-20-26-11-15(30-20)10-13-9-14(22)7-8-17(13)21(23,24)25/h3-9,11-12H,10H2,1-2H3,(H,26,27,28). The summed E-state index contributed by atoms with van der Waals surface area (Å²) in [5.74, 6) is 0.0291. The molecule has 1 aromatic heterocycles. The number of nitrogens with zero attached hydrogens (tertiary/aromatic N) is 1. The summed E-state index contributed by atoms with van der Waals surface area (Å²) in [4.78, 5) is 17.3. The molecule has 0 atom stereocenters. The number of thiazole rings is 1. The molecule has 0 aliphatic heterocycles. The van der Waals surface area contributed by atoms with Crippen molar-refractivity contribution in [3.63, 3.8) is 0 Å². The van der Waals surface area contributed by atoms with Gasteiger partial charge >= 0.3 is 6.18 Å². The van der Waals surface area contributed by atoms with Gasteiger partial charge in [0.15, 0.2) is 5.13 Å². The normalized spacial score (nSPS) is 11.6. The fourth-order valence-electron chi connectivity index (χ4n) is 2.80. The number of para-hydroxylation sites is 1. The molecular formula is C21H18ClF3N2O2S. The van der Waals surface area contributed by atoms with Crippen LogP contribution >= 0.6 is 22.9 Å². The molecule has 1 amide bonds. The highest BCUT2D eigenvalue weighted by atomic mass is 35.5. The van der Waals surface area contributed by atoms with E-state index >= 15 is 0 Å². The van der Waals surface area contributed by atoms with Gasteiger partial charge in [-0.2, -0.15) is 13.2 Å². The van der Waals surface area contributed by atoms with Crippen LogP contribution in [-0.2, 0) is 12.6 Å². The number of halogens is 4. The van der Waals surface area contributed by atoms with Crippen molar-refractivity contribution in [2.75, 3.05) is 5.32 Å². The third-order valence-corrected chi connectivity index (χ3v) is 5.15. The molecule has 2 aromatic carbocycles. The lowest BCUT2D eigenvalue weighted by atomic mass is 10.0. The molecule has 0 fully saturated rings. The summed E-state index contributed by atoms with van der Waals surface area (Å²) in [7, 11) is 0. The van der Waals surface area contributed by atoms with E-state index in [9.17, 15) is 18.0 Å². The van der Waals surface area contributed by atoms with E-state index in [1.165, 1.54) is 18.3 Å². The summed E-state index contributed by atoms with van der Waals surface area (Å²) in [6, 6.07) is 10.3. The Morgan fingerprint density at radius 3 is 2.67 bits per heavy atom. The number of benzene rings is 2. The second kappa shape index (κ2) is 9.06. The van der Waals surface area contributed by atoms with Gasteiger partial charge in [0.25, 0.3) is 5.91 Å². The van der Waals surface area contributed by atoms with Crippen molar-refractivity contribution >= 4 is 34.0 Å². The minimum Gasteiger partial charge on any atom is -0.490 e. The molecule has 4 nitrogen and oxygen atoms in total. The predicted molar refractivity (Wildman–Crippen MR) is 112 cm³/mol. The van der Waals surface area contributed by atoms with Gasteiger partial charge in [0.1, 0.15) is 5.75 Å². The van der Waals surface area contributed by atoms with Crippen LogP contribution in [0.4, 0.5) is 18.3 Å². The third-order valence-electron chi connectivity index (χ3n) is 4.01. The van der Waals surface area contributed by atoms with E-state index in [1.807, 2.05) is 13.8 Å². The Labute approximate surface area is 180 Å². The molecule has 0 unspecified atom stereocenters. The van der Waals surface area contributed by atoms with Gasteiger partial charge in [0.2, 0.25) is 0 Å². The van der Waals surface area contributed by atoms with Crippen LogP contribution in [-0.4, -0.2) is 17.0 Å². The fourth-order valence-corrected chi connectivity index (χ4v) is 3.82. The first-order chi connectivity index (χ1) is 14.1. The van der Waals surface area contributed by atoms with Crippen molar-refractivity contribution in [1.82, 2.24) is 4.98 Å². The predicted octanol–water partition coefficient (Wildman–Crippen LogP) is 6.45. The molecule has 3 rings (SSSR count). The van der Waals surface area contributed by atoms with Gasteiger partial charge in [-0.3, -0.25) is 10.1 Å². The summed E-state index contributed by atoms with van der Waals surface area (Å²) in [6.45, 7) is 3.71. The first kappa shape index (κ1) is 22.1. The van der Waals surface area contributed by atoms with Crippen LogP contribution in [0, 0.1) is 0 Å². The molecule has 30 heavy (non-hydrogen) atoms. The maximum absolute atomic E-state index is 13.3. The summed E-state index contributed by atoms with van der Waals surface area (Å²) >= 11 is 6.98. The molecule has 1 heterocycles. The highest BCUT2D eigenvalue weighted by Crippen LogP contribution is 2.35. The maximum Gasteiger partial charge on any atom is 0.416 e. The maximum atomic E-state index is 13.3. The summed E-state index contributed by atoms with van der Waals surface area (Å²) in [5, 5.41) is 3.18. The van der Waals surface area contributed by atoms with Gasteiger partial charge in [-0.15, -0.1) is 11.3 Å². The fraction of sp³-hybridized carbons (Fsp3) is 0.238. The number of alkyl halides is 3. The number of aromatic nitrogens is 1. The number of ether oxygens (including phenoxy) is 1. The molecule has 158 valence electrons. The van der Waals surface area contributed by atoms with Crippen molar-refractivity contribution < 1.29 is 22.7 Å². The Bertz CT molecular complexity index is 1050. The van der Waals surface area contributed by atoms with Crippen LogP contribution in [0.3, 0.4) is 0 Å². The molecule has 0 bridgehead atoms. The minimum atomic E-state index is -4.48. The lowest BCUT2D eigenvalue weighted by Gasteiger charge is -2.13. The lowest BCUT2D eigenvalue weighted by Crippen LogP contribution is -2.15. The molecule has 0 aliphatic carbocycles. The zero-order valence-corrected chi connectivity index (χ0v) is 17.7. The van der Waals surface area contributed by atoms with Gasteiger partial charge < -0.3 is 4.74 Å². The number of amides is 1. The molecule has 0 saturated carbocycles. The van der Waals surface area contributed by atoms with E-state index < -0.39 is 17.6 Å². The van der Waals surface area contributed by atoms with Crippen molar-refractivity contribution in [3.05, 3.63) is 75.3 Å². The van der Waals surface area contributed by atoms with Crippen molar-refractivity contribution in [2.24, 2.45) is 0 Å². The molecular weight excluding hydrogens is 437 g/mol. The van der Waals surface area contributed by atoms with Crippen molar-refractivity contribution in [3.8, 4) is 5.75 Å². The monoisotopic (exact) mass is 454 g/mol. The SMILES string of the molecule is CC(C)Oc1ccccc1C(=O)Nc1ncc(Cc2cc(Cl)ccc2C(F)(F)F)s1. The number of rotatable bonds is 6. The Kier molecular flexibility index (Phi) is 6.67. The van der Waals surface area contributed by atoms with E-state index in [0.717, 1.165) is 17.4 Å². The Balaban J connectivity index is 1.77. The first-order valence-electron chi connectivity index (χ1n) is 9.01. The van der Waals surface area contributed by atoms with Crippen molar-refractivity contribution in [2.45, 2.75) is 32.5 Å². The molecule has 9 heteroatoms. The molecule has 1 N–H and O–H groups in total. The largest absolute Gasteiger partial charge is 0.490 e. The van der Waals surface area contributed by atoms with Gasteiger partial charge in [0, 0.05) is 22.5 Å². The van der Waals surface area contributed by atoms with Gasteiger partial charge in [-0.05, 0) is 49.7 Å². The second-order valence-corrected chi connectivity index (χ2v) is 8.28. The second-order valence-electron chi connectivity index (χ2n) is 6.72. The quantitative estimate of drug-likeness (QED) is 0.466. The number of hydrogen-bond donors (Lipinski definition) is 1. The molecule has 0 saturated heterocycles. The number of nitrogens with one attached hydrogen (secondary N) is 1. The zero-order valence-electron chi connectivity index (χ0n) is 16.1. The van der Waals surface area contributed by atoms with E-state index in [0.29, 0.717) is 16.2 Å². The number of anilines is 1. The number of carbonyl (C=O) groups excluding carboxylic acids is 1. The van der Waals surface area contributed by atoms with Gasteiger partial charge in [-0.25, -0.2) is 4.98 Å². The summed E-state index contributed by atoms with van der Waals surface area (Å²) < 4.78 is 45.4. The minimum absolute atomic E-state index is 0.00398. The van der Waals surface area contributed by atoms with Gasteiger partial charge in [0.05, 0.1) is 17.2 Å². The Morgan fingerprint density at radius 2 is 1.97 bits per heavy atom. The van der Waals surface area contributed by atoms with E-state index in [-0.39, 0.29) is 28.2 Å². The van der Waals surface area contributed by atoms with Crippen LogP contribution in [0.2, 0.25) is 5.02 Å². The average molecular weight is 455 g/mol. The summed E-state index contributed by atoms with van der Waals surface area (Å²) in [6.07, 6.45) is -3.15. The van der Waals surface area contributed by atoms with E-state index in [2.05, 4.69) is 10.3 Å². The van der Waals surface area contributed by atoms with Crippen LogP contribution in [0.25, 0.3) is 0 Å². The highest BCUT2D eigenvalue weighted by molar-refractivity contribution is 7.15. The summed E-state index contributed by atoms with van der Waals surface area (Å²) in [5.41, 5.74) is -0.352. The number of hydrogen-bond acceptors (Lipinski definition) is 4. The molecule has 0 aliphatic rings. The smallest absolute Gasteiger partial charge is 0.416 e. The van der Waals surface area contributed by atoms with Crippen LogP contribution < -0.4 is 10.1 Å². The van der Waals surface area contributed by atoms with Crippen molar-refractivity contribution in [1.29, 1.82) is 0 Å². The van der Waals surface area contributed by atoms with Crippen LogP contribution in [0.15, 0.2) is 48.7 Å². The third kappa shape index (κ3) is 5.52. The van der Waals surface area contributed by atoms with Gasteiger partial charge in [-0.1, -0.05) is 23.7 Å². The molecule has 0 spiro atoms. The molecule has 3 aromatic rings. The van der Waals surface area contributed by atoms with Crippen LogP contribution in [0.5, 0.6) is 5.75 Å². The Hall–Kier alpha value is -2.58. The lowest BCUT2D eigenvalue weighted by molar-refractivity contribution is -0.138.